The molecule has 170 valence electrons. The number of carbonyl (C=O) groups is 2. The number of piperidine rings is 1. The van der Waals surface area contributed by atoms with E-state index in [4.69, 9.17) is 4.74 Å². The number of nitrogens with one attached hydrogen (secondary N) is 1. The third-order valence-electron chi connectivity index (χ3n) is 7.88. The normalized spacial score (nSPS) is 31.8. The fraction of sp³-hybridized carbons (Fsp3) is 0.783. The monoisotopic (exact) mass is 429 g/mol. The van der Waals surface area contributed by atoms with Crippen LogP contribution in [0.15, 0.2) is 12.3 Å². The summed E-state index contributed by atoms with van der Waals surface area (Å²) in [6.45, 7) is 7.57. The predicted octanol–water partition coefficient (Wildman–Crippen LogP) is 1.51. The molecule has 0 spiro atoms. The minimum Gasteiger partial charge on any atom is -0.379 e. The van der Waals surface area contributed by atoms with Crippen molar-refractivity contribution in [3.05, 3.63) is 18.0 Å². The number of nitrogens with zero attached hydrogens (tertiary/aromatic N) is 4. The fourth-order valence-corrected chi connectivity index (χ4v) is 5.82. The van der Waals surface area contributed by atoms with Crippen molar-refractivity contribution in [2.24, 2.45) is 11.3 Å². The van der Waals surface area contributed by atoms with Gasteiger partial charge in [-0.1, -0.05) is 0 Å². The number of fused-ring (bicyclic) bond motifs is 1. The second kappa shape index (κ2) is 8.54. The van der Waals surface area contributed by atoms with Crippen LogP contribution in [0.3, 0.4) is 0 Å². The van der Waals surface area contributed by atoms with Gasteiger partial charge in [0.25, 0.3) is 5.91 Å². The molecule has 0 bridgehead atoms. The molecule has 0 radical (unpaired) electrons. The van der Waals surface area contributed by atoms with Crippen molar-refractivity contribution >= 4 is 11.8 Å². The van der Waals surface area contributed by atoms with Gasteiger partial charge in [0.1, 0.15) is 5.69 Å². The van der Waals surface area contributed by atoms with Gasteiger partial charge >= 0.3 is 0 Å². The zero-order valence-electron chi connectivity index (χ0n) is 18.6. The van der Waals surface area contributed by atoms with E-state index in [1.54, 1.807) is 10.7 Å². The summed E-state index contributed by atoms with van der Waals surface area (Å²) in [6.07, 6.45) is 7.82. The number of rotatable bonds is 5. The van der Waals surface area contributed by atoms with Gasteiger partial charge in [-0.2, -0.15) is 5.10 Å². The molecule has 1 aromatic rings. The Morgan fingerprint density at radius 3 is 2.71 bits per heavy atom. The molecule has 1 N–H and O–H groups in total. The van der Waals surface area contributed by atoms with Crippen LogP contribution in [0.25, 0.3) is 0 Å². The number of ether oxygens (including phenoxy) is 1. The number of morpholine rings is 1. The lowest BCUT2D eigenvalue weighted by Crippen LogP contribution is -2.61. The summed E-state index contributed by atoms with van der Waals surface area (Å²) in [4.78, 5) is 31.2. The van der Waals surface area contributed by atoms with E-state index in [1.807, 2.05) is 18.0 Å². The Balaban J connectivity index is 1.34. The van der Waals surface area contributed by atoms with Crippen LogP contribution >= 0.6 is 0 Å². The van der Waals surface area contributed by atoms with Crippen LogP contribution in [0, 0.1) is 11.3 Å². The van der Waals surface area contributed by atoms with Gasteiger partial charge in [-0.15, -0.1) is 0 Å². The van der Waals surface area contributed by atoms with Crippen LogP contribution in [-0.2, 0) is 16.1 Å². The molecule has 31 heavy (non-hydrogen) atoms. The summed E-state index contributed by atoms with van der Waals surface area (Å²) in [5.41, 5.74) is 0.0205. The van der Waals surface area contributed by atoms with Gasteiger partial charge < -0.3 is 15.0 Å². The minimum atomic E-state index is -0.466. The topological polar surface area (TPSA) is 79.7 Å². The van der Waals surface area contributed by atoms with Crippen LogP contribution in [-0.4, -0.2) is 82.9 Å². The maximum atomic E-state index is 13.5. The van der Waals surface area contributed by atoms with Crippen molar-refractivity contribution in [3.8, 4) is 0 Å². The molecule has 8 nitrogen and oxygen atoms in total. The number of aromatic nitrogens is 2. The van der Waals surface area contributed by atoms with E-state index in [2.05, 4.69) is 15.3 Å². The van der Waals surface area contributed by atoms with Gasteiger partial charge in [0.15, 0.2) is 0 Å². The first-order valence-corrected chi connectivity index (χ1v) is 12.0. The molecule has 2 amide bonds. The van der Waals surface area contributed by atoms with E-state index in [-0.39, 0.29) is 11.8 Å². The lowest BCUT2D eigenvalue weighted by molar-refractivity contribution is -0.143. The number of amides is 2. The average molecular weight is 430 g/mol. The van der Waals surface area contributed by atoms with Crippen molar-refractivity contribution in [2.45, 2.75) is 64.1 Å². The quantitative estimate of drug-likeness (QED) is 0.768. The first-order valence-electron chi connectivity index (χ1n) is 12.0. The zero-order valence-corrected chi connectivity index (χ0v) is 18.6. The third-order valence-corrected chi connectivity index (χ3v) is 7.88. The molecule has 2 saturated heterocycles. The number of hydrogen-bond donors (Lipinski definition) is 1. The number of carbonyl (C=O) groups excluding carboxylic acids is 2. The average Bonchev–Trinajstić information content (AvgIpc) is 3.50. The van der Waals surface area contributed by atoms with Crippen molar-refractivity contribution in [1.82, 2.24) is 24.9 Å². The molecular formula is C23H35N5O3. The molecule has 2 aliphatic carbocycles. The Labute approximate surface area is 184 Å². The van der Waals surface area contributed by atoms with Crippen molar-refractivity contribution < 1.29 is 14.3 Å². The van der Waals surface area contributed by atoms with Gasteiger partial charge in [0.2, 0.25) is 5.91 Å². The molecule has 0 unspecified atom stereocenters. The highest BCUT2D eigenvalue weighted by Crippen LogP contribution is 2.48. The molecule has 1 aromatic heterocycles. The number of hydrogen-bond acceptors (Lipinski definition) is 5. The smallest absolute Gasteiger partial charge is 0.274 e. The summed E-state index contributed by atoms with van der Waals surface area (Å²) in [5.74, 6) is 0.460. The van der Waals surface area contributed by atoms with E-state index >= 15 is 0 Å². The molecule has 3 heterocycles. The molecule has 0 aromatic carbocycles. The second-order valence-corrected chi connectivity index (χ2v) is 9.75. The summed E-state index contributed by atoms with van der Waals surface area (Å²) in [7, 11) is 0. The molecule has 4 fully saturated rings. The van der Waals surface area contributed by atoms with Gasteiger partial charge in [-0.05, 0) is 57.4 Å². The molecule has 3 atom stereocenters. The molecular weight excluding hydrogens is 394 g/mol. The third kappa shape index (κ3) is 4.12. The summed E-state index contributed by atoms with van der Waals surface area (Å²) >= 11 is 0. The Kier molecular flexibility index (Phi) is 5.77. The van der Waals surface area contributed by atoms with Gasteiger partial charge in [0, 0.05) is 51.0 Å². The Bertz CT molecular complexity index is 816. The van der Waals surface area contributed by atoms with E-state index < -0.39 is 5.41 Å². The molecule has 5 rings (SSSR count). The lowest BCUT2D eigenvalue weighted by Gasteiger charge is -2.53. The van der Waals surface area contributed by atoms with Crippen LogP contribution < -0.4 is 5.32 Å². The standard InChI is InChI=1S/C23H35N5O3/c1-2-28-10-7-20(25-28)21(29)27-9-6-17-15-19(26-11-13-31-14-12-26)5-8-23(17,16-27)22(30)24-18-3-4-18/h7,10,17-19H,2-6,8-9,11-16H2,1H3,(H,24,30)/t17-,19+,23-/m1/s1. The van der Waals surface area contributed by atoms with Crippen molar-refractivity contribution in [1.29, 1.82) is 0 Å². The highest BCUT2D eigenvalue weighted by molar-refractivity contribution is 5.93. The van der Waals surface area contributed by atoms with Crippen LogP contribution in [0.4, 0.5) is 0 Å². The van der Waals surface area contributed by atoms with E-state index in [0.29, 0.717) is 36.8 Å². The van der Waals surface area contributed by atoms with Gasteiger partial charge in [-0.25, -0.2) is 0 Å². The Morgan fingerprint density at radius 2 is 2.00 bits per heavy atom. The molecule has 4 aliphatic rings. The second-order valence-electron chi connectivity index (χ2n) is 9.75. The van der Waals surface area contributed by atoms with Crippen molar-refractivity contribution in [2.75, 3.05) is 39.4 Å². The summed E-state index contributed by atoms with van der Waals surface area (Å²) < 4.78 is 7.32. The first-order chi connectivity index (χ1) is 15.1. The number of aryl methyl sites for hydroxylation is 1. The maximum Gasteiger partial charge on any atom is 0.274 e. The number of likely N-dealkylation sites (tertiary alicyclic amines) is 1. The van der Waals surface area contributed by atoms with E-state index in [9.17, 15) is 9.59 Å². The predicted molar refractivity (Wildman–Crippen MR) is 116 cm³/mol. The SMILES string of the molecule is CCn1ccc(C(=O)N2CC[C@@H]3C[C@@H](N4CCOCC4)CC[C@@]3(C(=O)NC3CC3)C2)n1. The highest BCUT2D eigenvalue weighted by atomic mass is 16.5. The lowest BCUT2D eigenvalue weighted by atomic mass is 9.60. The van der Waals surface area contributed by atoms with Gasteiger partial charge in [0.05, 0.1) is 18.6 Å². The van der Waals surface area contributed by atoms with Crippen molar-refractivity contribution in [3.63, 3.8) is 0 Å². The molecule has 8 heteroatoms. The first kappa shape index (κ1) is 20.9. The van der Waals surface area contributed by atoms with Gasteiger partial charge in [-0.3, -0.25) is 19.2 Å². The molecule has 2 aliphatic heterocycles. The van der Waals surface area contributed by atoms with Crippen LogP contribution in [0.2, 0.25) is 0 Å². The largest absolute Gasteiger partial charge is 0.379 e. The Hall–Kier alpha value is -1.93. The van der Waals surface area contributed by atoms with Crippen LogP contribution in [0.1, 0.15) is 55.9 Å². The zero-order chi connectivity index (χ0) is 21.4. The minimum absolute atomic E-state index is 0.0421. The fourth-order valence-electron chi connectivity index (χ4n) is 5.82. The Morgan fingerprint density at radius 1 is 1.19 bits per heavy atom. The maximum absolute atomic E-state index is 13.5. The summed E-state index contributed by atoms with van der Waals surface area (Å²) in [5, 5.41) is 7.70. The summed E-state index contributed by atoms with van der Waals surface area (Å²) in [6, 6.07) is 2.66. The van der Waals surface area contributed by atoms with E-state index in [0.717, 1.165) is 71.4 Å². The molecule has 2 saturated carbocycles. The highest BCUT2D eigenvalue weighted by Gasteiger charge is 2.54. The van der Waals surface area contributed by atoms with E-state index in [1.165, 1.54) is 0 Å². The van der Waals surface area contributed by atoms with Crippen LogP contribution in [0.5, 0.6) is 0 Å².